The molecule has 0 aliphatic rings. The van der Waals surface area contributed by atoms with E-state index in [2.05, 4.69) is 31.0 Å². The fourth-order valence-corrected chi connectivity index (χ4v) is 4.25. The molecule has 3 rings (SSSR count). The first-order valence-electron chi connectivity index (χ1n) is 7.56. The van der Waals surface area contributed by atoms with Crippen LogP contribution in [0.1, 0.15) is 10.4 Å². The number of nitrogens with one attached hydrogen (secondary N) is 2. The Morgan fingerprint density at radius 2 is 1.93 bits per heavy atom. The summed E-state index contributed by atoms with van der Waals surface area (Å²) in [5, 5.41) is 4.77. The molecule has 1 amide bonds. The number of halogens is 1. The average Bonchev–Trinajstić information content (AvgIpc) is 3.16. The first-order valence-corrected chi connectivity index (χ1v) is 10.7. The molecule has 1 heterocycles. The zero-order valence-electron chi connectivity index (χ0n) is 14.0. The lowest BCUT2D eigenvalue weighted by atomic mass is 10.2. The highest BCUT2D eigenvalue weighted by molar-refractivity contribution is 9.10. The van der Waals surface area contributed by atoms with Crippen molar-refractivity contribution in [3.63, 3.8) is 0 Å². The van der Waals surface area contributed by atoms with E-state index < -0.39 is 15.9 Å². The van der Waals surface area contributed by atoms with E-state index in [0.717, 1.165) is 4.47 Å². The monoisotopic (exact) mass is 467 g/mol. The highest BCUT2D eigenvalue weighted by Crippen LogP contribution is 2.28. The quantitative estimate of drug-likeness (QED) is 0.571. The number of anilines is 2. The van der Waals surface area contributed by atoms with Crippen molar-refractivity contribution in [3.8, 4) is 5.75 Å². The summed E-state index contributed by atoms with van der Waals surface area (Å²) in [5.74, 6) is -0.335. The Balaban J connectivity index is 1.92. The number of carbonyl (C=O) groups excluding carboxylic acids is 1. The molecule has 0 fully saturated rings. The molecule has 27 heavy (non-hydrogen) atoms. The fraction of sp³-hybridized carbons (Fsp3) is 0.0588. The van der Waals surface area contributed by atoms with Gasteiger partial charge in [-0.3, -0.25) is 14.8 Å². The second-order valence-electron chi connectivity index (χ2n) is 5.27. The van der Waals surface area contributed by atoms with E-state index in [4.69, 9.17) is 4.74 Å². The molecule has 0 saturated heterocycles. The van der Waals surface area contributed by atoms with Crippen molar-refractivity contribution in [1.82, 2.24) is 4.98 Å². The summed E-state index contributed by atoms with van der Waals surface area (Å²) in [6.45, 7) is 0. The third-order valence-corrected chi connectivity index (χ3v) is 6.08. The van der Waals surface area contributed by atoms with Gasteiger partial charge in [-0.05, 0) is 42.5 Å². The molecule has 10 heteroatoms. The maximum Gasteiger partial charge on any atom is 0.265 e. The van der Waals surface area contributed by atoms with Gasteiger partial charge in [-0.25, -0.2) is 13.4 Å². The number of hydrogen-bond donors (Lipinski definition) is 2. The molecule has 0 spiro atoms. The van der Waals surface area contributed by atoms with Crippen LogP contribution in [0.25, 0.3) is 0 Å². The number of carbonyl (C=O) groups is 1. The Morgan fingerprint density at radius 3 is 2.56 bits per heavy atom. The molecule has 0 atom stereocenters. The second-order valence-corrected chi connectivity index (χ2v) is 8.73. The number of nitrogens with zero attached hydrogens (tertiary/aromatic N) is 1. The maximum absolute atomic E-state index is 12.8. The van der Waals surface area contributed by atoms with E-state index in [1.165, 1.54) is 36.6 Å². The van der Waals surface area contributed by atoms with Gasteiger partial charge in [0, 0.05) is 27.3 Å². The topological polar surface area (TPSA) is 97.4 Å². The lowest BCUT2D eigenvalue weighted by Gasteiger charge is -2.13. The lowest BCUT2D eigenvalue weighted by Crippen LogP contribution is -2.17. The van der Waals surface area contributed by atoms with E-state index in [-0.39, 0.29) is 16.2 Å². The van der Waals surface area contributed by atoms with Gasteiger partial charge >= 0.3 is 0 Å². The SMILES string of the molecule is COc1ccc(C(=O)Nc2nccs2)cc1S(=O)(=O)Nc1ccc(Br)cc1. The lowest BCUT2D eigenvalue weighted by molar-refractivity contribution is 0.102. The minimum absolute atomic E-state index is 0.130. The van der Waals surface area contributed by atoms with Crippen LogP contribution < -0.4 is 14.8 Å². The largest absolute Gasteiger partial charge is 0.495 e. The van der Waals surface area contributed by atoms with Crippen molar-refractivity contribution in [2.75, 3.05) is 17.1 Å². The van der Waals surface area contributed by atoms with Crippen molar-refractivity contribution in [1.29, 1.82) is 0 Å². The first-order chi connectivity index (χ1) is 12.9. The molecule has 1 aromatic heterocycles. The molecule has 3 aromatic rings. The van der Waals surface area contributed by atoms with E-state index in [1.807, 2.05) is 0 Å². The van der Waals surface area contributed by atoms with Crippen molar-refractivity contribution >= 4 is 54.0 Å². The van der Waals surface area contributed by atoms with Gasteiger partial charge < -0.3 is 4.74 Å². The number of methoxy groups -OCH3 is 1. The molecule has 0 radical (unpaired) electrons. The summed E-state index contributed by atoms with van der Waals surface area (Å²) in [7, 11) is -2.61. The summed E-state index contributed by atoms with van der Waals surface area (Å²) in [4.78, 5) is 16.2. The molecule has 140 valence electrons. The Kier molecular flexibility index (Phi) is 5.78. The van der Waals surface area contributed by atoms with Gasteiger partial charge in [-0.2, -0.15) is 0 Å². The normalized spacial score (nSPS) is 11.0. The molecule has 7 nitrogen and oxygen atoms in total. The van der Waals surface area contributed by atoms with Gasteiger partial charge in [-0.15, -0.1) is 11.3 Å². The highest BCUT2D eigenvalue weighted by Gasteiger charge is 2.22. The number of hydrogen-bond acceptors (Lipinski definition) is 6. The van der Waals surface area contributed by atoms with Crippen LogP contribution in [0.4, 0.5) is 10.8 Å². The predicted molar refractivity (Wildman–Crippen MR) is 108 cm³/mol. The van der Waals surface area contributed by atoms with Crippen LogP contribution >= 0.6 is 27.3 Å². The van der Waals surface area contributed by atoms with E-state index >= 15 is 0 Å². The molecule has 2 aromatic carbocycles. The van der Waals surface area contributed by atoms with Gasteiger partial charge in [0.15, 0.2) is 5.13 Å². The van der Waals surface area contributed by atoms with Gasteiger partial charge in [0.2, 0.25) is 0 Å². The van der Waals surface area contributed by atoms with Gasteiger partial charge in [0.1, 0.15) is 10.6 Å². The maximum atomic E-state index is 12.8. The number of amides is 1. The Hall–Kier alpha value is -2.43. The molecule has 0 bridgehead atoms. The van der Waals surface area contributed by atoms with Crippen LogP contribution in [-0.4, -0.2) is 26.4 Å². The Morgan fingerprint density at radius 1 is 1.19 bits per heavy atom. The minimum atomic E-state index is -3.97. The third-order valence-electron chi connectivity index (χ3n) is 3.46. The number of benzene rings is 2. The number of ether oxygens (including phenoxy) is 1. The van der Waals surface area contributed by atoms with E-state index in [9.17, 15) is 13.2 Å². The van der Waals surface area contributed by atoms with Crippen LogP contribution in [0.3, 0.4) is 0 Å². The van der Waals surface area contributed by atoms with E-state index in [0.29, 0.717) is 10.8 Å². The summed E-state index contributed by atoms with van der Waals surface area (Å²) in [6, 6.07) is 10.9. The summed E-state index contributed by atoms with van der Waals surface area (Å²) < 4.78 is 34.1. The van der Waals surface area contributed by atoms with Gasteiger partial charge in [0.25, 0.3) is 15.9 Å². The highest BCUT2D eigenvalue weighted by atomic mass is 79.9. The van der Waals surface area contributed by atoms with E-state index in [1.54, 1.807) is 35.8 Å². The average molecular weight is 468 g/mol. The molecular weight excluding hydrogens is 454 g/mol. The first kappa shape index (κ1) is 19.3. The zero-order valence-corrected chi connectivity index (χ0v) is 17.2. The fourth-order valence-electron chi connectivity index (χ4n) is 2.21. The Bertz CT molecular complexity index is 1050. The number of rotatable bonds is 6. The number of sulfonamides is 1. The Labute approximate surface area is 168 Å². The summed E-state index contributed by atoms with van der Waals surface area (Å²) in [6.07, 6.45) is 1.56. The number of aromatic nitrogens is 1. The van der Waals surface area contributed by atoms with Crippen molar-refractivity contribution in [3.05, 3.63) is 64.1 Å². The third kappa shape index (κ3) is 4.65. The minimum Gasteiger partial charge on any atom is -0.495 e. The van der Waals surface area contributed by atoms with Crippen LogP contribution in [0.5, 0.6) is 5.75 Å². The molecule has 2 N–H and O–H groups in total. The second kappa shape index (κ2) is 8.07. The van der Waals surface area contributed by atoms with Crippen LogP contribution in [0.2, 0.25) is 0 Å². The van der Waals surface area contributed by atoms with Gasteiger partial charge in [-0.1, -0.05) is 15.9 Å². The van der Waals surface area contributed by atoms with Crippen LogP contribution in [0.15, 0.2) is 63.4 Å². The predicted octanol–water partition coefficient (Wildman–Crippen LogP) is 3.97. The van der Waals surface area contributed by atoms with Crippen molar-refractivity contribution < 1.29 is 17.9 Å². The molecule has 0 unspecified atom stereocenters. The number of thiazole rings is 1. The van der Waals surface area contributed by atoms with Crippen LogP contribution in [0, 0.1) is 0 Å². The van der Waals surface area contributed by atoms with Crippen molar-refractivity contribution in [2.45, 2.75) is 4.90 Å². The standard InChI is InChI=1S/C17H14BrN3O4S2/c1-25-14-7-2-11(16(22)20-17-19-8-9-26-17)10-15(14)27(23,24)21-13-5-3-12(18)4-6-13/h2-10,21H,1H3,(H,19,20,22). The van der Waals surface area contributed by atoms with Crippen LogP contribution in [-0.2, 0) is 10.0 Å². The summed E-state index contributed by atoms with van der Waals surface area (Å²) in [5.41, 5.74) is 0.556. The summed E-state index contributed by atoms with van der Waals surface area (Å²) >= 11 is 4.56. The molecule has 0 aliphatic heterocycles. The molecule has 0 aliphatic carbocycles. The smallest absolute Gasteiger partial charge is 0.265 e. The molecular formula is C17H14BrN3O4S2. The van der Waals surface area contributed by atoms with Gasteiger partial charge in [0.05, 0.1) is 7.11 Å². The zero-order chi connectivity index (χ0) is 19.4. The molecule has 0 saturated carbocycles. The van der Waals surface area contributed by atoms with Crippen molar-refractivity contribution in [2.24, 2.45) is 0 Å².